The Morgan fingerprint density at radius 3 is 2.67 bits per heavy atom. The normalized spacial score (nSPS) is 12.8. The van der Waals surface area contributed by atoms with Crippen LogP contribution in [0.25, 0.3) is 10.1 Å². The molecule has 7 nitrogen and oxygen atoms in total. The van der Waals surface area contributed by atoms with Crippen LogP contribution in [-0.2, 0) is 20.4 Å². The lowest BCUT2D eigenvalue weighted by Gasteiger charge is -2.21. The summed E-state index contributed by atoms with van der Waals surface area (Å²) in [6, 6.07) is 8.82. The van der Waals surface area contributed by atoms with E-state index in [2.05, 4.69) is 0 Å². The van der Waals surface area contributed by atoms with Crippen molar-refractivity contribution in [2.45, 2.75) is 11.8 Å². The van der Waals surface area contributed by atoms with Crippen molar-refractivity contribution in [3.8, 4) is 0 Å². The van der Waals surface area contributed by atoms with Crippen molar-refractivity contribution in [1.82, 2.24) is 5.06 Å². The molecule has 3 rings (SSSR count). The number of rotatable bonds is 8. The fourth-order valence-corrected chi connectivity index (χ4v) is 6.10. The third-order valence-corrected chi connectivity index (χ3v) is 7.58. The summed E-state index contributed by atoms with van der Waals surface area (Å²) in [5.41, 5.74) is 0.604. The summed E-state index contributed by atoms with van der Waals surface area (Å²) in [6.07, 6.45) is 0.109. The molecule has 0 spiro atoms. The molecule has 1 aromatic carbocycles. The van der Waals surface area contributed by atoms with E-state index in [9.17, 15) is 23.2 Å². The first-order valence-electron chi connectivity index (χ1n) is 7.71. The summed E-state index contributed by atoms with van der Waals surface area (Å²) < 4.78 is 26.4. The Morgan fingerprint density at radius 2 is 2.00 bits per heavy atom. The molecule has 0 fully saturated rings. The van der Waals surface area contributed by atoms with Crippen LogP contribution in [0.4, 0.5) is 0 Å². The minimum Gasteiger partial charge on any atom is -0.477 e. The number of carboxylic acid groups (broad SMARTS) is 1. The second-order valence-electron chi connectivity index (χ2n) is 5.86. The molecule has 0 aliphatic heterocycles. The average molecular weight is 426 g/mol. The molecule has 0 aliphatic carbocycles. The summed E-state index contributed by atoms with van der Waals surface area (Å²) in [5.74, 6) is -1.93. The molecule has 0 radical (unpaired) electrons. The van der Waals surface area contributed by atoms with Gasteiger partial charge in [0.2, 0.25) is 6.41 Å². The number of amides is 1. The number of fused-ring (bicyclic) bond motifs is 1. The third kappa shape index (κ3) is 4.53. The molecule has 2 N–H and O–H groups in total. The molecular weight excluding hydrogens is 410 g/mol. The van der Waals surface area contributed by atoms with Crippen molar-refractivity contribution in [1.29, 1.82) is 0 Å². The van der Waals surface area contributed by atoms with Crippen LogP contribution < -0.4 is 0 Å². The molecule has 2 aromatic heterocycles. The Labute approximate surface area is 163 Å². The SMILES string of the molecule is O=CN(O)[C@H](CS(=O)(=O)Cc1ccc2sccc2c1)c1ccc(C(=O)O)s1. The molecule has 0 saturated carbocycles. The van der Waals surface area contributed by atoms with Crippen molar-refractivity contribution in [3.05, 3.63) is 57.1 Å². The van der Waals surface area contributed by atoms with Gasteiger partial charge in [-0.15, -0.1) is 22.7 Å². The lowest BCUT2D eigenvalue weighted by molar-refractivity contribution is -0.158. The Kier molecular flexibility index (Phi) is 5.61. The van der Waals surface area contributed by atoms with E-state index < -0.39 is 27.6 Å². The number of thiophene rings is 2. The Balaban J connectivity index is 1.84. The molecule has 0 unspecified atom stereocenters. The van der Waals surface area contributed by atoms with E-state index in [1.165, 1.54) is 12.1 Å². The summed E-state index contributed by atoms with van der Waals surface area (Å²) in [4.78, 5) is 22.3. The van der Waals surface area contributed by atoms with Crippen LogP contribution in [0.3, 0.4) is 0 Å². The van der Waals surface area contributed by atoms with Gasteiger partial charge in [-0.3, -0.25) is 10.0 Å². The molecule has 0 aliphatic rings. The first-order valence-corrected chi connectivity index (χ1v) is 11.2. The van der Waals surface area contributed by atoms with E-state index in [-0.39, 0.29) is 27.0 Å². The molecule has 1 amide bonds. The highest BCUT2D eigenvalue weighted by Gasteiger charge is 2.28. The lowest BCUT2D eigenvalue weighted by atomic mass is 10.2. The maximum atomic E-state index is 12.7. The van der Waals surface area contributed by atoms with E-state index in [4.69, 9.17) is 5.11 Å². The molecule has 0 saturated heterocycles. The first kappa shape index (κ1) is 19.5. The van der Waals surface area contributed by atoms with Gasteiger partial charge in [0.25, 0.3) is 0 Å². The molecule has 0 bridgehead atoms. The van der Waals surface area contributed by atoms with Gasteiger partial charge in [-0.1, -0.05) is 6.07 Å². The van der Waals surface area contributed by atoms with Crippen LogP contribution in [-0.4, -0.2) is 41.9 Å². The zero-order valence-electron chi connectivity index (χ0n) is 13.8. The van der Waals surface area contributed by atoms with E-state index >= 15 is 0 Å². The zero-order valence-corrected chi connectivity index (χ0v) is 16.3. The number of carbonyl (C=O) groups is 2. The number of sulfone groups is 1. The predicted molar refractivity (Wildman–Crippen MR) is 103 cm³/mol. The van der Waals surface area contributed by atoms with Crippen LogP contribution in [0, 0.1) is 0 Å². The molecule has 142 valence electrons. The second kappa shape index (κ2) is 7.77. The predicted octanol–water partition coefficient (Wildman–Crippen LogP) is 3.16. The Bertz CT molecular complexity index is 1080. The van der Waals surface area contributed by atoms with Crippen molar-refractivity contribution in [3.63, 3.8) is 0 Å². The highest BCUT2D eigenvalue weighted by molar-refractivity contribution is 7.90. The van der Waals surface area contributed by atoms with Crippen molar-refractivity contribution in [2.24, 2.45) is 0 Å². The van der Waals surface area contributed by atoms with Gasteiger partial charge in [0.15, 0.2) is 9.84 Å². The second-order valence-corrected chi connectivity index (χ2v) is 10.0. The molecule has 27 heavy (non-hydrogen) atoms. The number of hydroxylamine groups is 2. The number of carbonyl (C=O) groups excluding carboxylic acids is 1. The molecule has 3 aromatic rings. The Morgan fingerprint density at radius 1 is 1.22 bits per heavy atom. The third-order valence-electron chi connectivity index (χ3n) is 3.91. The topological polar surface area (TPSA) is 112 Å². The van der Waals surface area contributed by atoms with Crippen molar-refractivity contribution >= 4 is 55.0 Å². The van der Waals surface area contributed by atoms with Crippen LogP contribution >= 0.6 is 22.7 Å². The van der Waals surface area contributed by atoms with Crippen molar-refractivity contribution < 1.29 is 28.3 Å². The number of hydrogen-bond donors (Lipinski definition) is 2. The number of benzene rings is 1. The number of carboxylic acids is 1. The largest absolute Gasteiger partial charge is 0.477 e. The van der Waals surface area contributed by atoms with Gasteiger partial charge in [0.1, 0.15) is 10.9 Å². The maximum absolute atomic E-state index is 12.7. The van der Waals surface area contributed by atoms with Crippen LogP contribution in [0.2, 0.25) is 0 Å². The average Bonchev–Trinajstić information content (AvgIpc) is 3.27. The van der Waals surface area contributed by atoms with Crippen LogP contribution in [0.15, 0.2) is 41.8 Å². The smallest absolute Gasteiger partial charge is 0.345 e. The highest BCUT2D eigenvalue weighted by atomic mass is 32.2. The monoisotopic (exact) mass is 425 g/mol. The zero-order chi connectivity index (χ0) is 19.6. The number of aromatic carboxylic acids is 1. The summed E-state index contributed by atoms with van der Waals surface area (Å²) in [7, 11) is -3.70. The fraction of sp³-hybridized carbons (Fsp3) is 0.176. The van der Waals surface area contributed by atoms with E-state index in [1.54, 1.807) is 23.5 Å². The number of nitrogens with zero attached hydrogens (tertiary/aromatic N) is 1. The minimum absolute atomic E-state index is 0.00499. The van der Waals surface area contributed by atoms with Gasteiger partial charge in [-0.25, -0.2) is 18.3 Å². The van der Waals surface area contributed by atoms with Gasteiger partial charge in [-0.2, -0.15) is 0 Å². The van der Waals surface area contributed by atoms with Gasteiger partial charge in [-0.05, 0) is 46.7 Å². The van der Waals surface area contributed by atoms with Gasteiger partial charge in [0.05, 0.1) is 11.5 Å². The molecule has 1 atom stereocenters. The van der Waals surface area contributed by atoms with Crippen LogP contribution in [0.1, 0.15) is 26.2 Å². The molecule has 10 heteroatoms. The highest BCUT2D eigenvalue weighted by Crippen LogP contribution is 2.29. The first-order chi connectivity index (χ1) is 12.8. The Hall–Kier alpha value is -2.27. The lowest BCUT2D eigenvalue weighted by Crippen LogP contribution is -2.30. The minimum atomic E-state index is -3.70. The van der Waals surface area contributed by atoms with Gasteiger partial charge < -0.3 is 5.11 Å². The summed E-state index contributed by atoms with van der Waals surface area (Å²) in [5, 5.41) is 22.0. The maximum Gasteiger partial charge on any atom is 0.345 e. The quantitative estimate of drug-likeness (QED) is 0.326. The van der Waals surface area contributed by atoms with E-state index in [1.807, 2.05) is 17.5 Å². The fourth-order valence-electron chi connectivity index (χ4n) is 2.67. The van der Waals surface area contributed by atoms with Crippen LogP contribution in [0.5, 0.6) is 0 Å². The van der Waals surface area contributed by atoms with E-state index in [0.717, 1.165) is 21.4 Å². The molecular formula is C17H15NO6S3. The number of hydrogen-bond acceptors (Lipinski definition) is 7. The molecule has 2 heterocycles. The van der Waals surface area contributed by atoms with Gasteiger partial charge in [0, 0.05) is 9.58 Å². The summed E-state index contributed by atoms with van der Waals surface area (Å²) >= 11 is 2.38. The van der Waals surface area contributed by atoms with Gasteiger partial charge >= 0.3 is 5.97 Å². The van der Waals surface area contributed by atoms with Crippen molar-refractivity contribution in [2.75, 3.05) is 5.75 Å². The standard InChI is InChI=1S/C17H15NO6S3/c19-10-18(22)13(15-3-4-16(26-15)17(20)21)9-27(23,24)8-11-1-2-14-12(7-11)5-6-25-14/h1-7,10,13,22H,8-9H2,(H,20,21)/t13-/m1/s1. The summed E-state index contributed by atoms with van der Waals surface area (Å²) in [6.45, 7) is 0. The van der Waals surface area contributed by atoms with E-state index in [0.29, 0.717) is 5.56 Å².